The van der Waals surface area contributed by atoms with E-state index in [4.69, 9.17) is 5.73 Å². The predicted octanol–water partition coefficient (Wildman–Crippen LogP) is 2.44. The summed E-state index contributed by atoms with van der Waals surface area (Å²) in [4.78, 5) is 0. The first-order valence-electron chi connectivity index (χ1n) is 4.79. The fourth-order valence-electron chi connectivity index (χ4n) is 2.89. The Morgan fingerprint density at radius 1 is 1.17 bits per heavy atom. The molecule has 0 aromatic heterocycles. The van der Waals surface area contributed by atoms with Gasteiger partial charge in [-0.05, 0) is 36.0 Å². The zero-order chi connectivity index (χ0) is 8.22. The highest BCUT2D eigenvalue weighted by atomic mass is 35.5. The Bertz CT molecular complexity index is 161. The van der Waals surface area contributed by atoms with Crippen LogP contribution in [0.25, 0.3) is 0 Å². The molecule has 0 radical (unpaired) electrons. The monoisotopic (exact) mass is 189 g/mol. The van der Waals surface area contributed by atoms with E-state index >= 15 is 0 Å². The molecule has 2 aliphatic rings. The summed E-state index contributed by atoms with van der Waals surface area (Å²) in [5, 5.41) is 0. The van der Waals surface area contributed by atoms with Crippen LogP contribution < -0.4 is 5.73 Å². The smallest absolute Gasteiger partial charge is 0.00675 e. The van der Waals surface area contributed by atoms with Crippen LogP contribution in [0.15, 0.2) is 0 Å². The number of hydrogen-bond acceptors (Lipinski definition) is 1. The Balaban J connectivity index is 0.000000720. The van der Waals surface area contributed by atoms with Gasteiger partial charge in [-0.3, -0.25) is 0 Å². The van der Waals surface area contributed by atoms with Crippen molar-refractivity contribution >= 4 is 12.4 Å². The van der Waals surface area contributed by atoms with E-state index in [1.54, 1.807) is 0 Å². The van der Waals surface area contributed by atoms with Crippen molar-refractivity contribution in [3.63, 3.8) is 0 Å². The minimum absolute atomic E-state index is 0. The summed E-state index contributed by atoms with van der Waals surface area (Å²) in [5.41, 5.74) is 6.64. The van der Waals surface area contributed by atoms with E-state index in [1.165, 1.54) is 12.8 Å². The molecule has 0 amide bonds. The molecule has 2 N–H and O–H groups in total. The largest absolute Gasteiger partial charge is 0.327 e. The van der Waals surface area contributed by atoms with Gasteiger partial charge < -0.3 is 5.73 Å². The zero-order valence-corrected chi connectivity index (χ0v) is 9.03. The van der Waals surface area contributed by atoms with Crippen LogP contribution in [-0.2, 0) is 0 Å². The molecule has 2 fully saturated rings. The van der Waals surface area contributed by atoms with Crippen molar-refractivity contribution in [3.05, 3.63) is 0 Å². The fraction of sp³-hybridized carbons (Fsp3) is 1.00. The number of rotatable bonds is 0. The Kier molecular flexibility index (Phi) is 2.48. The first-order chi connectivity index (χ1) is 5.03. The van der Waals surface area contributed by atoms with Gasteiger partial charge in [0.2, 0.25) is 0 Å². The van der Waals surface area contributed by atoms with Crippen molar-refractivity contribution < 1.29 is 0 Å². The highest BCUT2D eigenvalue weighted by molar-refractivity contribution is 5.85. The standard InChI is InChI=1S/C10H19N.ClH/c1-6-4-7-8(5-9(6)11)10(7,2)3;/h6-9H,4-5,11H2,1-3H3;1H. The van der Waals surface area contributed by atoms with E-state index in [2.05, 4.69) is 20.8 Å². The van der Waals surface area contributed by atoms with Crippen LogP contribution in [0.4, 0.5) is 0 Å². The Hall–Kier alpha value is 0.250. The highest BCUT2D eigenvalue weighted by Crippen LogP contribution is 2.65. The SMILES string of the molecule is CC1CC2C(CC1N)C2(C)C.Cl. The molecular formula is C10H20ClN. The topological polar surface area (TPSA) is 26.0 Å². The van der Waals surface area contributed by atoms with E-state index in [-0.39, 0.29) is 12.4 Å². The molecule has 2 saturated carbocycles. The lowest BCUT2D eigenvalue weighted by Crippen LogP contribution is -2.32. The normalized spacial score (nSPS) is 49.0. The molecule has 0 spiro atoms. The van der Waals surface area contributed by atoms with Crippen LogP contribution in [0, 0.1) is 23.2 Å². The van der Waals surface area contributed by atoms with Crippen LogP contribution in [0.1, 0.15) is 33.6 Å². The zero-order valence-electron chi connectivity index (χ0n) is 8.21. The molecule has 2 rings (SSSR count). The summed E-state index contributed by atoms with van der Waals surface area (Å²) in [6, 6.07) is 0.484. The maximum absolute atomic E-state index is 6.02. The quantitative estimate of drug-likeness (QED) is 0.623. The van der Waals surface area contributed by atoms with Crippen LogP contribution in [0.5, 0.6) is 0 Å². The van der Waals surface area contributed by atoms with Gasteiger partial charge in [-0.15, -0.1) is 12.4 Å². The predicted molar refractivity (Wildman–Crippen MR) is 54.4 cm³/mol. The lowest BCUT2D eigenvalue weighted by molar-refractivity contribution is 0.317. The lowest BCUT2D eigenvalue weighted by Gasteiger charge is -2.23. The third-order valence-corrected chi connectivity index (χ3v) is 4.17. The van der Waals surface area contributed by atoms with Gasteiger partial charge in [0.25, 0.3) is 0 Å². The summed E-state index contributed by atoms with van der Waals surface area (Å²) in [6.07, 6.45) is 2.65. The summed E-state index contributed by atoms with van der Waals surface area (Å²) in [7, 11) is 0. The third-order valence-electron chi connectivity index (χ3n) is 4.17. The minimum atomic E-state index is 0. The van der Waals surface area contributed by atoms with Gasteiger partial charge in [-0.1, -0.05) is 20.8 Å². The van der Waals surface area contributed by atoms with E-state index in [0.29, 0.717) is 11.5 Å². The average Bonchev–Trinajstić information content (AvgIpc) is 2.39. The number of hydrogen-bond donors (Lipinski definition) is 1. The summed E-state index contributed by atoms with van der Waals surface area (Å²) >= 11 is 0. The molecular weight excluding hydrogens is 170 g/mol. The van der Waals surface area contributed by atoms with Crippen molar-refractivity contribution in [3.8, 4) is 0 Å². The Labute approximate surface area is 81.5 Å². The molecule has 2 aliphatic carbocycles. The molecule has 4 atom stereocenters. The number of fused-ring (bicyclic) bond motifs is 1. The highest BCUT2D eigenvalue weighted by Gasteiger charge is 2.59. The molecule has 12 heavy (non-hydrogen) atoms. The van der Waals surface area contributed by atoms with E-state index < -0.39 is 0 Å². The maximum Gasteiger partial charge on any atom is 0.00675 e. The summed E-state index contributed by atoms with van der Waals surface area (Å²) in [5.74, 6) is 2.71. The van der Waals surface area contributed by atoms with Crippen molar-refractivity contribution in [1.82, 2.24) is 0 Å². The van der Waals surface area contributed by atoms with Gasteiger partial charge in [0.15, 0.2) is 0 Å². The number of halogens is 1. The van der Waals surface area contributed by atoms with E-state index in [9.17, 15) is 0 Å². The molecule has 0 bridgehead atoms. The molecule has 0 aromatic carbocycles. The third kappa shape index (κ3) is 1.27. The van der Waals surface area contributed by atoms with E-state index in [0.717, 1.165) is 17.8 Å². The van der Waals surface area contributed by atoms with Gasteiger partial charge in [-0.2, -0.15) is 0 Å². The molecule has 0 aromatic rings. The fourth-order valence-corrected chi connectivity index (χ4v) is 2.89. The second kappa shape index (κ2) is 2.88. The van der Waals surface area contributed by atoms with Crippen LogP contribution in [-0.4, -0.2) is 6.04 Å². The van der Waals surface area contributed by atoms with Crippen molar-refractivity contribution in [1.29, 1.82) is 0 Å². The molecule has 72 valence electrons. The van der Waals surface area contributed by atoms with Gasteiger partial charge in [-0.25, -0.2) is 0 Å². The molecule has 0 aliphatic heterocycles. The van der Waals surface area contributed by atoms with Crippen molar-refractivity contribution in [2.24, 2.45) is 28.9 Å². The Morgan fingerprint density at radius 2 is 1.67 bits per heavy atom. The summed E-state index contributed by atoms with van der Waals surface area (Å²) < 4.78 is 0. The van der Waals surface area contributed by atoms with Crippen molar-refractivity contribution in [2.45, 2.75) is 39.7 Å². The molecule has 2 heteroatoms. The number of nitrogens with two attached hydrogens (primary N) is 1. The van der Waals surface area contributed by atoms with Crippen LogP contribution >= 0.6 is 12.4 Å². The van der Waals surface area contributed by atoms with Gasteiger partial charge in [0, 0.05) is 6.04 Å². The van der Waals surface area contributed by atoms with E-state index in [1.807, 2.05) is 0 Å². The average molecular weight is 190 g/mol. The first kappa shape index (κ1) is 10.3. The lowest BCUT2D eigenvalue weighted by atomic mass is 9.87. The molecule has 4 unspecified atom stereocenters. The van der Waals surface area contributed by atoms with Gasteiger partial charge in [0.1, 0.15) is 0 Å². The second-order valence-corrected chi connectivity index (χ2v) is 5.15. The molecule has 0 heterocycles. The second-order valence-electron chi connectivity index (χ2n) is 5.15. The van der Waals surface area contributed by atoms with Crippen LogP contribution in [0.2, 0.25) is 0 Å². The molecule has 0 saturated heterocycles. The Morgan fingerprint density at radius 3 is 2.17 bits per heavy atom. The minimum Gasteiger partial charge on any atom is -0.327 e. The van der Waals surface area contributed by atoms with Gasteiger partial charge >= 0.3 is 0 Å². The molecule has 1 nitrogen and oxygen atoms in total. The van der Waals surface area contributed by atoms with Crippen LogP contribution in [0.3, 0.4) is 0 Å². The van der Waals surface area contributed by atoms with Gasteiger partial charge in [0.05, 0.1) is 0 Å². The first-order valence-corrected chi connectivity index (χ1v) is 4.79. The summed E-state index contributed by atoms with van der Waals surface area (Å²) in [6.45, 7) is 7.09. The maximum atomic E-state index is 6.02. The van der Waals surface area contributed by atoms with Crippen molar-refractivity contribution in [2.75, 3.05) is 0 Å².